The molecule has 0 saturated heterocycles. The van der Waals surface area contributed by atoms with Gasteiger partial charge in [-0.15, -0.1) is 11.3 Å². The molecule has 0 aliphatic heterocycles. The number of anilines is 1. The fraction of sp³-hybridized carbons (Fsp3) is 0.308. The van der Waals surface area contributed by atoms with Gasteiger partial charge in [-0.1, -0.05) is 13.0 Å². The summed E-state index contributed by atoms with van der Waals surface area (Å²) in [4.78, 5) is 8.70. The van der Waals surface area contributed by atoms with Crippen LogP contribution in [0.3, 0.4) is 0 Å². The predicted molar refractivity (Wildman–Crippen MR) is 72.5 cm³/mol. The summed E-state index contributed by atoms with van der Waals surface area (Å²) < 4.78 is 0. The zero-order valence-electron chi connectivity index (χ0n) is 10.4. The second kappa shape index (κ2) is 5.61. The van der Waals surface area contributed by atoms with Gasteiger partial charge in [0, 0.05) is 5.38 Å². The lowest BCUT2D eigenvalue weighted by Crippen LogP contribution is -2.03. The lowest BCUT2D eigenvalue weighted by atomic mass is 10.2. The molecule has 0 aliphatic rings. The molecule has 4 nitrogen and oxygen atoms in total. The number of hydrogen-bond donors (Lipinski definition) is 1. The Kier molecular flexibility index (Phi) is 3.90. The summed E-state index contributed by atoms with van der Waals surface area (Å²) in [6.45, 7) is 4.61. The van der Waals surface area contributed by atoms with Crippen LogP contribution in [-0.2, 0) is 13.0 Å². The molecule has 1 N–H and O–H groups in total. The summed E-state index contributed by atoms with van der Waals surface area (Å²) in [5, 5.41) is 15.3. The van der Waals surface area contributed by atoms with Crippen molar-refractivity contribution in [3.05, 3.63) is 39.5 Å². The molecule has 5 heteroatoms. The monoisotopic (exact) mass is 258 g/mol. The molecule has 2 heterocycles. The number of nitrogens with one attached hydrogen (secondary N) is 1. The topological polar surface area (TPSA) is 61.6 Å². The van der Waals surface area contributed by atoms with Gasteiger partial charge in [0.25, 0.3) is 0 Å². The van der Waals surface area contributed by atoms with Crippen LogP contribution in [0.5, 0.6) is 0 Å². The van der Waals surface area contributed by atoms with E-state index < -0.39 is 0 Å². The summed E-state index contributed by atoms with van der Waals surface area (Å²) >= 11 is 1.67. The number of nitriles is 1. The van der Waals surface area contributed by atoms with Gasteiger partial charge in [-0.3, -0.25) is 0 Å². The van der Waals surface area contributed by atoms with E-state index in [0.29, 0.717) is 18.1 Å². The van der Waals surface area contributed by atoms with Crippen molar-refractivity contribution < 1.29 is 0 Å². The van der Waals surface area contributed by atoms with E-state index in [0.717, 1.165) is 22.7 Å². The summed E-state index contributed by atoms with van der Waals surface area (Å²) in [5.74, 6) is 0.711. The minimum absolute atomic E-state index is 0.465. The van der Waals surface area contributed by atoms with Gasteiger partial charge in [-0.25, -0.2) is 9.97 Å². The second-order valence-electron chi connectivity index (χ2n) is 3.91. The van der Waals surface area contributed by atoms with Gasteiger partial charge in [-0.05, 0) is 25.0 Å². The van der Waals surface area contributed by atoms with Crippen molar-refractivity contribution >= 4 is 17.2 Å². The number of thiazole rings is 1. The van der Waals surface area contributed by atoms with Crippen molar-refractivity contribution in [2.45, 2.75) is 26.8 Å². The molecule has 0 unspecified atom stereocenters. The third kappa shape index (κ3) is 2.84. The molecule has 0 aliphatic carbocycles. The van der Waals surface area contributed by atoms with E-state index in [-0.39, 0.29) is 0 Å². The van der Waals surface area contributed by atoms with E-state index in [1.807, 2.05) is 24.4 Å². The molecule has 0 fully saturated rings. The highest BCUT2D eigenvalue weighted by Crippen LogP contribution is 2.13. The summed E-state index contributed by atoms with van der Waals surface area (Å²) in [6.07, 6.45) is 0.964. The van der Waals surface area contributed by atoms with Gasteiger partial charge in [-0.2, -0.15) is 5.26 Å². The molecular weight excluding hydrogens is 244 g/mol. The van der Waals surface area contributed by atoms with Crippen LogP contribution >= 0.6 is 11.3 Å². The molecule has 0 aromatic carbocycles. The Hall–Kier alpha value is -1.93. The smallest absolute Gasteiger partial charge is 0.145 e. The normalized spacial score (nSPS) is 10.1. The maximum Gasteiger partial charge on any atom is 0.145 e. The first kappa shape index (κ1) is 12.5. The average Bonchev–Trinajstić information content (AvgIpc) is 2.86. The number of rotatable bonds is 4. The maximum absolute atomic E-state index is 8.91. The van der Waals surface area contributed by atoms with Crippen LogP contribution in [-0.4, -0.2) is 9.97 Å². The van der Waals surface area contributed by atoms with Gasteiger partial charge in [0.1, 0.15) is 17.6 Å². The highest BCUT2D eigenvalue weighted by molar-refractivity contribution is 7.09. The molecule has 0 atom stereocenters. The first-order valence-corrected chi connectivity index (χ1v) is 6.65. The van der Waals surface area contributed by atoms with Crippen molar-refractivity contribution in [2.75, 3.05) is 5.32 Å². The summed E-state index contributed by atoms with van der Waals surface area (Å²) in [7, 11) is 0. The van der Waals surface area contributed by atoms with E-state index in [9.17, 15) is 0 Å². The van der Waals surface area contributed by atoms with E-state index >= 15 is 0 Å². The molecule has 0 radical (unpaired) electrons. The Morgan fingerprint density at radius 3 is 2.89 bits per heavy atom. The van der Waals surface area contributed by atoms with Gasteiger partial charge in [0.2, 0.25) is 0 Å². The first-order valence-electron chi connectivity index (χ1n) is 5.77. The fourth-order valence-corrected chi connectivity index (χ4v) is 2.26. The number of aryl methyl sites for hydroxylation is 2. The van der Waals surface area contributed by atoms with Gasteiger partial charge in [0.05, 0.1) is 17.2 Å². The Labute approximate surface area is 110 Å². The number of aromatic nitrogens is 2. The first-order chi connectivity index (χ1) is 8.72. The van der Waals surface area contributed by atoms with Crippen molar-refractivity contribution in [3.8, 4) is 6.07 Å². The number of nitrogens with zero attached hydrogens (tertiary/aromatic N) is 3. The lowest BCUT2D eigenvalue weighted by molar-refractivity contribution is 0.999. The van der Waals surface area contributed by atoms with Crippen LogP contribution in [0.1, 0.15) is 28.9 Å². The third-order valence-corrected chi connectivity index (χ3v) is 3.60. The van der Waals surface area contributed by atoms with Gasteiger partial charge in [0.15, 0.2) is 0 Å². The minimum atomic E-state index is 0.465. The lowest BCUT2D eigenvalue weighted by Gasteiger charge is -2.04. The molecule has 92 valence electrons. The molecule has 2 aromatic rings. The molecule has 0 amide bonds. The quantitative estimate of drug-likeness (QED) is 0.916. The van der Waals surface area contributed by atoms with Gasteiger partial charge < -0.3 is 5.32 Å². The highest BCUT2D eigenvalue weighted by Gasteiger charge is 2.03. The van der Waals surface area contributed by atoms with E-state index in [1.165, 1.54) is 0 Å². The van der Waals surface area contributed by atoms with Gasteiger partial charge >= 0.3 is 0 Å². The summed E-state index contributed by atoms with van der Waals surface area (Å²) in [6, 6.07) is 5.86. The minimum Gasteiger partial charge on any atom is -0.364 e. The average molecular weight is 258 g/mol. The Balaban J connectivity index is 2.04. The molecule has 0 bridgehead atoms. The zero-order valence-corrected chi connectivity index (χ0v) is 11.2. The Morgan fingerprint density at radius 1 is 1.39 bits per heavy atom. The fourth-order valence-electron chi connectivity index (χ4n) is 1.51. The van der Waals surface area contributed by atoms with Crippen LogP contribution in [0.2, 0.25) is 0 Å². The van der Waals surface area contributed by atoms with Crippen LogP contribution < -0.4 is 5.32 Å². The van der Waals surface area contributed by atoms with Crippen molar-refractivity contribution in [2.24, 2.45) is 0 Å². The Morgan fingerprint density at radius 2 is 2.22 bits per heavy atom. The van der Waals surface area contributed by atoms with E-state index in [1.54, 1.807) is 11.3 Å². The van der Waals surface area contributed by atoms with Crippen LogP contribution in [0.15, 0.2) is 17.5 Å². The molecule has 18 heavy (non-hydrogen) atoms. The molecule has 0 spiro atoms. The van der Waals surface area contributed by atoms with Crippen LogP contribution in [0, 0.1) is 18.3 Å². The standard InChI is InChI=1S/C13H14N4S/c1-3-13-16-10(8-18-13)7-15-12-5-4-9(2)11(6-14)17-12/h4-5,8H,3,7H2,1-2H3,(H,15,17). The van der Waals surface area contributed by atoms with E-state index in [2.05, 4.69) is 28.3 Å². The molecular formula is C13H14N4S. The number of hydrogen-bond acceptors (Lipinski definition) is 5. The van der Waals surface area contributed by atoms with Crippen molar-refractivity contribution in [1.82, 2.24) is 9.97 Å². The largest absolute Gasteiger partial charge is 0.364 e. The molecule has 0 saturated carbocycles. The van der Waals surface area contributed by atoms with Crippen LogP contribution in [0.4, 0.5) is 5.82 Å². The second-order valence-corrected chi connectivity index (χ2v) is 4.86. The number of pyridine rings is 1. The summed E-state index contributed by atoms with van der Waals surface area (Å²) in [5.41, 5.74) is 2.37. The van der Waals surface area contributed by atoms with E-state index in [4.69, 9.17) is 5.26 Å². The highest BCUT2D eigenvalue weighted by atomic mass is 32.1. The van der Waals surface area contributed by atoms with Crippen LogP contribution in [0.25, 0.3) is 0 Å². The van der Waals surface area contributed by atoms with Crippen molar-refractivity contribution in [1.29, 1.82) is 5.26 Å². The molecule has 2 aromatic heterocycles. The zero-order chi connectivity index (χ0) is 13.0. The van der Waals surface area contributed by atoms with Crippen molar-refractivity contribution in [3.63, 3.8) is 0 Å². The predicted octanol–water partition coefficient (Wildman–Crippen LogP) is 2.89. The SMILES string of the molecule is CCc1nc(CNc2ccc(C)c(C#N)n2)cs1. The molecule has 2 rings (SSSR count). The Bertz CT molecular complexity index is 583. The third-order valence-electron chi connectivity index (χ3n) is 2.56. The maximum atomic E-state index is 8.91.